The lowest BCUT2D eigenvalue weighted by atomic mass is 9.97. The Morgan fingerprint density at radius 3 is 2.59 bits per heavy atom. The van der Waals surface area contributed by atoms with Crippen molar-refractivity contribution in [2.45, 2.75) is 26.7 Å². The number of aryl methyl sites for hydroxylation is 2. The highest BCUT2D eigenvalue weighted by molar-refractivity contribution is 5.51. The second-order valence-electron chi connectivity index (χ2n) is 5.45. The summed E-state index contributed by atoms with van der Waals surface area (Å²) < 4.78 is 0. The van der Waals surface area contributed by atoms with Crippen molar-refractivity contribution in [1.82, 2.24) is 4.90 Å². The zero-order valence-corrected chi connectivity index (χ0v) is 11.3. The van der Waals surface area contributed by atoms with Gasteiger partial charge in [0, 0.05) is 12.2 Å². The quantitative estimate of drug-likeness (QED) is 0.861. The van der Waals surface area contributed by atoms with Crippen molar-refractivity contribution in [3.63, 3.8) is 0 Å². The van der Waals surface area contributed by atoms with Gasteiger partial charge >= 0.3 is 0 Å². The molecule has 1 heterocycles. The summed E-state index contributed by atoms with van der Waals surface area (Å²) in [6.45, 7) is 7.95. The molecule has 1 aliphatic rings. The first-order chi connectivity index (χ1) is 8.15. The third-order valence-corrected chi connectivity index (χ3v) is 3.80. The van der Waals surface area contributed by atoms with E-state index in [-0.39, 0.29) is 0 Å². The minimum atomic E-state index is 0.840. The van der Waals surface area contributed by atoms with Gasteiger partial charge in [-0.2, -0.15) is 0 Å². The van der Waals surface area contributed by atoms with E-state index in [4.69, 9.17) is 0 Å². The van der Waals surface area contributed by atoms with Gasteiger partial charge in [0.25, 0.3) is 0 Å². The minimum Gasteiger partial charge on any atom is -0.385 e. The maximum atomic E-state index is 3.61. The molecule has 1 fully saturated rings. The number of anilines is 1. The Kier molecular flexibility index (Phi) is 4.06. The van der Waals surface area contributed by atoms with Gasteiger partial charge in [-0.25, -0.2) is 0 Å². The molecular weight excluding hydrogens is 208 g/mol. The number of piperidine rings is 1. The van der Waals surface area contributed by atoms with Gasteiger partial charge in [-0.05, 0) is 64.4 Å². The molecule has 0 aliphatic carbocycles. The normalized spacial score (nSPS) is 18.3. The summed E-state index contributed by atoms with van der Waals surface area (Å²) in [5.41, 5.74) is 4.00. The molecule has 0 saturated carbocycles. The molecule has 94 valence electrons. The molecule has 1 saturated heterocycles. The lowest BCUT2D eigenvalue weighted by Gasteiger charge is -2.29. The molecule has 0 spiro atoms. The van der Waals surface area contributed by atoms with Crippen molar-refractivity contribution in [2.24, 2.45) is 5.92 Å². The van der Waals surface area contributed by atoms with Crippen LogP contribution in [0.1, 0.15) is 24.0 Å². The van der Waals surface area contributed by atoms with Crippen molar-refractivity contribution < 1.29 is 0 Å². The highest BCUT2D eigenvalue weighted by Crippen LogP contribution is 2.20. The number of hydrogen-bond donors (Lipinski definition) is 1. The van der Waals surface area contributed by atoms with Gasteiger partial charge in [0.2, 0.25) is 0 Å². The SMILES string of the molecule is Cc1ccc(NCC2CCN(C)CC2)c(C)c1. The maximum absolute atomic E-state index is 3.61. The molecule has 0 atom stereocenters. The molecular formula is C15H24N2. The number of hydrogen-bond acceptors (Lipinski definition) is 2. The molecule has 0 amide bonds. The molecule has 1 N–H and O–H groups in total. The Balaban J connectivity index is 1.85. The highest BCUT2D eigenvalue weighted by atomic mass is 15.1. The van der Waals surface area contributed by atoms with Crippen molar-refractivity contribution >= 4 is 5.69 Å². The van der Waals surface area contributed by atoms with Crippen molar-refractivity contribution in [3.05, 3.63) is 29.3 Å². The smallest absolute Gasteiger partial charge is 0.0370 e. The van der Waals surface area contributed by atoms with E-state index in [1.807, 2.05) is 0 Å². The van der Waals surface area contributed by atoms with Crippen LogP contribution < -0.4 is 5.32 Å². The van der Waals surface area contributed by atoms with E-state index in [0.29, 0.717) is 0 Å². The van der Waals surface area contributed by atoms with E-state index in [1.165, 1.54) is 42.7 Å². The fourth-order valence-electron chi connectivity index (χ4n) is 2.53. The fourth-order valence-corrected chi connectivity index (χ4v) is 2.53. The predicted octanol–water partition coefficient (Wildman–Crippen LogP) is 3.06. The van der Waals surface area contributed by atoms with Crippen LogP contribution in [0.25, 0.3) is 0 Å². The minimum absolute atomic E-state index is 0.840. The summed E-state index contributed by atoms with van der Waals surface area (Å²) in [4.78, 5) is 2.42. The number of nitrogens with one attached hydrogen (secondary N) is 1. The van der Waals surface area contributed by atoms with Crippen LogP contribution in [-0.2, 0) is 0 Å². The number of nitrogens with zero attached hydrogens (tertiary/aromatic N) is 1. The third-order valence-electron chi connectivity index (χ3n) is 3.80. The number of likely N-dealkylation sites (tertiary alicyclic amines) is 1. The summed E-state index contributed by atoms with van der Waals surface area (Å²) in [5.74, 6) is 0.840. The van der Waals surface area contributed by atoms with Crippen LogP contribution in [0.15, 0.2) is 18.2 Å². The molecule has 0 unspecified atom stereocenters. The Hall–Kier alpha value is -1.02. The van der Waals surface area contributed by atoms with Crippen LogP contribution in [0.4, 0.5) is 5.69 Å². The second-order valence-corrected chi connectivity index (χ2v) is 5.45. The van der Waals surface area contributed by atoms with Crippen LogP contribution in [0, 0.1) is 19.8 Å². The Morgan fingerprint density at radius 2 is 1.94 bits per heavy atom. The predicted molar refractivity (Wildman–Crippen MR) is 74.6 cm³/mol. The van der Waals surface area contributed by atoms with Crippen LogP contribution >= 0.6 is 0 Å². The van der Waals surface area contributed by atoms with Gasteiger partial charge in [-0.15, -0.1) is 0 Å². The van der Waals surface area contributed by atoms with Crippen molar-refractivity contribution in [1.29, 1.82) is 0 Å². The molecule has 1 aromatic carbocycles. The standard InChI is InChI=1S/C15H24N2/c1-12-4-5-15(13(2)10-12)16-11-14-6-8-17(3)9-7-14/h4-5,10,14,16H,6-9,11H2,1-3H3. The zero-order chi connectivity index (χ0) is 12.3. The van der Waals surface area contributed by atoms with Crippen LogP contribution in [-0.4, -0.2) is 31.6 Å². The van der Waals surface area contributed by atoms with E-state index < -0.39 is 0 Å². The van der Waals surface area contributed by atoms with Crippen molar-refractivity contribution in [3.8, 4) is 0 Å². The lowest BCUT2D eigenvalue weighted by molar-refractivity contribution is 0.226. The molecule has 1 aliphatic heterocycles. The summed E-state index contributed by atoms with van der Waals surface area (Å²) in [6, 6.07) is 6.64. The van der Waals surface area contributed by atoms with Crippen LogP contribution in [0.3, 0.4) is 0 Å². The molecule has 2 rings (SSSR count). The second kappa shape index (κ2) is 5.54. The molecule has 2 nitrogen and oxygen atoms in total. The van der Waals surface area contributed by atoms with Crippen LogP contribution in [0.5, 0.6) is 0 Å². The number of benzene rings is 1. The monoisotopic (exact) mass is 232 g/mol. The summed E-state index contributed by atoms with van der Waals surface area (Å²) in [7, 11) is 2.22. The van der Waals surface area contributed by atoms with Crippen molar-refractivity contribution in [2.75, 3.05) is 32.0 Å². The fraction of sp³-hybridized carbons (Fsp3) is 0.600. The molecule has 2 heteroatoms. The summed E-state index contributed by atoms with van der Waals surface area (Å²) >= 11 is 0. The third kappa shape index (κ3) is 3.47. The van der Waals surface area contributed by atoms with E-state index in [9.17, 15) is 0 Å². The maximum Gasteiger partial charge on any atom is 0.0370 e. The molecule has 17 heavy (non-hydrogen) atoms. The summed E-state index contributed by atoms with van der Waals surface area (Å²) in [6.07, 6.45) is 2.66. The largest absolute Gasteiger partial charge is 0.385 e. The first-order valence-electron chi connectivity index (χ1n) is 6.65. The van der Waals surface area contributed by atoms with Gasteiger partial charge in [0.05, 0.1) is 0 Å². The van der Waals surface area contributed by atoms with Gasteiger partial charge < -0.3 is 10.2 Å². The van der Waals surface area contributed by atoms with E-state index in [2.05, 4.69) is 49.3 Å². The first kappa shape index (κ1) is 12.4. The zero-order valence-electron chi connectivity index (χ0n) is 11.3. The molecule has 1 aromatic rings. The van der Waals surface area contributed by atoms with E-state index in [1.54, 1.807) is 0 Å². The Labute approximate surface area is 105 Å². The summed E-state index contributed by atoms with van der Waals surface area (Å²) in [5, 5.41) is 3.61. The van der Waals surface area contributed by atoms with Gasteiger partial charge in [0.15, 0.2) is 0 Å². The Morgan fingerprint density at radius 1 is 1.24 bits per heavy atom. The molecule has 0 bridgehead atoms. The average Bonchev–Trinajstić information content (AvgIpc) is 2.30. The van der Waals surface area contributed by atoms with Gasteiger partial charge in [-0.1, -0.05) is 17.7 Å². The molecule has 0 radical (unpaired) electrons. The Bertz CT molecular complexity index is 365. The highest BCUT2D eigenvalue weighted by Gasteiger charge is 2.16. The van der Waals surface area contributed by atoms with Gasteiger partial charge in [0.1, 0.15) is 0 Å². The van der Waals surface area contributed by atoms with Gasteiger partial charge in [-0.3, -0.25) is 0 Å². The molecule has 0 aromatic heterocycles. The first-order valence-corrected chi connectivity index (χ1v) is 6.65. The average molecular weight is 232 g/mol. The topological polar surface area (TPSA) is 15.3 Å². The van der Waals surface area contributed by atoms with Crippen LogP contribution in [0.2, 0.25) is 0 Å². The number of rotatable bonds is 3. The van der Waals surface area contributed by atoms with E-state index in [0.717, 1.165) is 12.5 Å². The van der Waals surface area contributed by atoms with E-state index >= 15 is 0 Å². The lowest BCUT2D eigenvalue weighted by Crippen LogP contribution is -2.33.